The normalized spacial score (nSPS) is 25.7. The van der Waals surface area contributed by atoms with E-state index >= 15 is 0 Å². The molecule has 0 saturated heterocycles. The zero-order valence-corrected chi connectivity index (χ0v) is 11.6. The molecule has 0 aromatic heterocycles. The first-order chi connectivity index (χ1) is 8.69. The Hall–Kier alpha value is -1.02. The maximum atomic E-state index is 6.11. The first kappa shape index (κ1) is 13.4. The smallest absolute Gasteiger partial charge is 0.120 e. The number of nitrogens with two attached hydrogens (primary N) is 1. The second-order valence-electron chi connectivity index (χ2n) is 5.60. The lowest BCUT2D eigenvalue weighted by Gasteiger charge is -2.27. The number of hydrogen-bond acceptors (Lipinski definition) is 2. The number of hydrogen-bond donors (Lipinski definition) is 1. The van der Waals surface area contributed by atoms with Crippen LogP contribution in [0.2, 0.25) is 0 Å². The summed E-state index contributed by atoms with van der Waals surface area (Å²) in [5, 5.41) is 0. The summed E-state index contributed by atoms with van der Waals surface area (Å²) in [4.78, 5) is 0. The number of rotatable bonds is 4. The Morgan fingerprint density at radius 2 is 2.22 bits per heavy atom. The van der Waals surface area contributed by atoms with Crippen molar-refractivity contribution in [3.8, 4) is 5.75 Å². The van der Waals surface area contributed by atoms with Gasteiger partial charge >= 0.3 is 0 Å². The molecule has 1 aliphatic rings. The van der Waals surface area contributed by atoms with Crippen LogP contribution in [0.1, 0.15) is 57.6 Å². The van der Waals surface area contributed by atoms with Crippen molar-refractivity contribution in [3.63, 3.8) is 0 Å². The van der Waals surface area contributed by atoms with E-state index in [0.717, 1.165) is 18.1 Å². The maximum absolute atomic E-state index is 6.11. The van der Waals surface area contributed by atoms with Gasteiger partial charge in [-0.25, -0.2) is 0 Å². The molecule has 1 saturated carbocycles. The quantitative estimate of drug-likeness (QED) is 0.871. The third kappa shape index (κ3) is 3.49. The third-order valence-corrected chi connectivity index (χ3v) is 3.92. The van der Waals surface area contributed by atoms with Crippen LogP contribution in [0.4, 0.5) is 0 Å². The van der Waals surface area contributed by atoms with Crippen LogP contribution in [0, 0.1) is 5.92 Å². The lowest BCUT2D eigenvalue weighted by molar-refractivity contribution is 0.129. The summed E-state index contributed by atoms with van der Waals surface area (Å²) in [6, 6.07) is 8.41. The van der Waals surface area contributed by atoms with Crippen molar-refractivity contribution in [2.45, 2.75) is 58.1 Å². The molecule has 2 N–H and O–H groups in total. The topological polar surface area (TPSA) is 35.2 Å². The van der Waals surface area contributed by atoms with E-state index in [1.165, 1.54) is 31.2 Å². The number of ether oxygens (including phenoxy) is 1. The highest BCUT2D eigenvalue weighted by molar-refractivity contribution is 5.30. The average molecular weight is 247 g/mol. The summed E-state index contributed by atoms with van der Waals surface area (Å²) in [6.07, 6.45) is 6.37. The average Bonchev–Trinajstić information content (AvgIpc) is 2.38. The Kier molecular flexibility index (Phi) is 4.65. The van der Waals surface area contributed by atoms with E-state index in [1.54, 1.807) is 0 Å². The predicted molar refractivity (Wildman–Crippen MR) is 75.7 cm³/mol. The van der Waals surface area contributed by atoms with Crippen molar-refractivity contribution in [2.24, 2.45) is 11.7 Å². The highest BCUT2D eigenvalue weighted by Gasteiger charge is 2.20. The van der Waals surface area contributed by atoms with Crippen molar-refractivity contribution in [1.29, 1.82) is 0 Å². The summed E-state index contributed by atoms with van der Waals surface area (Å²) < 4.78 is 6.11. The summed E-state index contributed by atoms with van der Waals surface area (Å²) in [6.45, 7) is 4.43. The van der Waals surface area contributed by atoms with Crippen LogP contribution >= 0.6 is 0 Å². The van der Waals surface area contributed by atoms with Gasteiger partial charge in [0.15, 0.2) is 0 Å². The summed E-state index contributed by atoms with van der Waals surface area (Å²) in [7, 11) is 0. The Labute approximate surface area is 111 Å². The van der Waals surface area contributed by atoms with Crippen LogP contribution in [0.5, 0.6) is 5.75 Å². The molecule has 18 heavy (non-hydrogen) atoms. The molecule has 0 heterocycles. The van der Waals surface area contributed by atoms with E-state index in [1.807, 2.05) is 12.1 Å². The minimum Gasteiger partial charge on any atom is -0.490 e. The van der Waals surface area contributed by atoms with Crippen molar-refractivity contribution >= 4 is 0 Å². The molecule has 0 radical (unpaired) electrons. The van der Waals surface area contributed by atoms with Crippen LogP contribution in [-0.4, -0.2) is 6.10 Å². The van der Waals surface area contributed by atoms with Crippen LogP contribution in [0.3, 0.4) is 0 Å². The van der Waals surface area contributed by atoms with Gasteiger partial charge in [-0.05, 0) is 49.3 Å². The fourth-order valence-electron chi connectivity index (χ4n) is 2.73. The van der Waals surface area contributed by atoms with E-state index in [0.29, 0.717) is 6.10 Å². The first-order valence-corrected chi connectivity index (χ1v) is 7.21. The first-order valence-electron chi connectivity index (χ1n) is 7.21. The molecule has 2 nitrogen and oxygen atoms in total. The molecule has 1 aromatic carbocycles. The SMILES string of the molecule is CCC(N)c1cccc(OC2CCCC(C)C2)c1. The van der Waals surface area contributed by atoms with Gasteiger partial charge in [0.2, 0.25) is 0 Å². The highest BCUT2D eigenvalue weighted by Crippen LogP contribution is 2.28. The molecule has 2 heteroatoms. The molecular formula is C16H25NO. The largest absolute Gasteiger partial charge is 0.490 e. The second kappa shape index (κ2) is 6.24. The van der Waals surface area contributed by atoms with Crippen LogP contribution < -0.4 is 10.5 Å². The van der Waals surface area contributed by atoms with Crippen molar-refractivity contribution in [2.75, 3.05) is 0 Å². The van der Waals surface area contributed by atoms with Crippen molar-refractivity contribution in [1.82, 2.24) is 0 Å². The van der Waals surface area contributed by atoms with Crippen molar-refractivity contribution in [3.05, 3.63) is 29.8 Å². The van der Waals surface area contributed by atoms with Crippen molar-refractivity contribution < 1.29 is 4.74 Å². The third-order valence-electron chi connectivity index (χ3n) is 3.92. The Morgan fingerprint density at radius 1 is 1.39 bits per heavy atom. The summed E-state index contributed by atoms with van der Waals surface area (Å²) in [5.74, 6) is 1.78. The van der Waals surface area contributed by atoms with Gasteiger partial charge in [0.05, 0.1) is 6.10 Å². The molecule has 100 valence electrons. The Morgan fingerprint density at radius 3 is 2.94 bits per heavy atom. The van der Waals surface area contributed by atoms with E-state index in [9.17, 15) is 0 Å². The molecule has 1 aliphatic carbocycles. The van der Waals surface area contributed by atoms with Gasteiger partial charge in [-0.1, -0.05) is 32.4 Å². The lowest BCUT2D eigenvalue weighted by atomic mass is 9.89. The van der Waals surface area contributed by atoms with E-state index in [2.05, 4.69) is 26.0 Å². The lowest BCUT2D eigenvalue weighted by Crippen LogP contribution is -2.24. The Balaban J connectivity index is 2.00. The van der Waals surface area contributed by atoms with Gasteiger partial charge in [0.25, 0.3) is 0 Å². The standard InChI is InChI=1S/C16H25NO/c1-3-16(17)13-7-5-9-15(11-13)18-14-8-4-6-12(2)10-14/h5,7,9,11-12,14,16H,3-4,6,8,10,17H2,1-2H3. The van der Waals surface area contributed by atoms with Crippen LogP contribution in [-0.2, 0) is 0 Å². The minimum atomic E-state index is 0.124. The van der Waals surface area contributed by atoms with Gasteiger partial charge in [-0.15, -0.1) is 0 Å². The molecule has 0 bridgehead atoms. The van der Waals surface area contributed by atoms with Gasteiger partial charge in [0, 0.05) is 6.04 Å². The molecule has 1 aromatic rings. The van der Waals surface area contributed by atoms with Crippen LogP contribution in [0.15, 0.2) is 24.3 Å². The zero-order valence-electron chi connectivity index (χ0n) is 11.6. The predicted octanol–water partition coefficient (Wildman–Crippen LogP) is 4.05. The maximum Gasteiger partial charge on any atom is 0.120 e. The van der Waals surface area contributed by atoms with Gasteiger partial charge < -0.3 is 10.5 Å². The molecule has 3 unspecified atom stereocenters. The summed E-state index contributed by atoms with van der Waals surface area (Å²) in [5.41, 5.74) is 7.24. The summed E-state index contributed by atoms with van der Waals surface area (Å²) >= 11 is 0. The molecule has 0 aliphatic heterocycles. The van der Waals surface area contributed by atoms with E-state index in [4.69, 9.17) is 10.5 Å². The molecule has 3 atom stereocenters. The molecule has 2 rings (SSSR count). The van der Waals surface area contributed by atoms with E-state index in [-0.39, 0.29) is 6.04 Å². The molecule has 1 fully saturated rings. The van der Waals surface area contributed by atoms with Gasteiger partial charge in [-0.3, -0.25) is 0 Å². The minimum absolute atomic E-state index is 0.124. The monoisotopic (exact) mass is 247 g/mol. The fourth-order valence-corrected chi connectivity index (χ4v) is 2.73. The molecule has 0 amide bonds. The Bertz CT molecular complexity index is 377. The fraction of sp³-hybridized carbons (Fsp3) is 0.625. The second-order valence-corrected chi connectivity index (χ2v) is 5.60. The number of benzene rings is 1. The zero-order chi connectivity index (χ0) is 13.0. The van der Waals surface area contributed by atoms with Gasteiger partial charge in [0.1, 0.15) is 5.75 Å². The highest BCUT2D eigenvalue weighted by atomic mass is 16.5. The van der Waals surface area contributed by atoms with Crippen LogP contribution in [0.25, 0.3) is 0 Å². The molecular weight excluding hydrogens is 222 g/mol. The molecule has 0 spiro atoms. The van der Waals surface area contributed by atoms with E-state index < -0.39 is 0 Å². The van der Waals surface area contributed by atoms with Gasteiger partial charge in [-0.2, -0.15) is 0 Å².